The molecular formula is C18H31IN4O3S. The zero-order valence-electron chi connectivity index (χ0n) is 16.6. The summed E-state index contributed by atoms with van der Waals surface area (Å²) in [6, 6.07) is 7.45. The summed E-state index contributed by atoms with van der Waals surface area (Å²) in [4.78, 5) is 16.1. The van der Waals surface area contributed by atoms with Crippen molar-refractivity contribution in [3.05, 3.63) is 35.4 Å². The molecule has 9 heteroatoms. The number of halogens is 1. The molecule has 1 aromatic carbocycles. The van der Waals surface area contributed by atoms with Crippen molar-refractivity contribution >= 4 is 45.7 Å². The van der Waals surface area contributed by atoms with Crippen LogP contribution in [0.15, 0.2) is 29.3 Å². The maximum absolute atomic E-state index is 11.8. The molecule has 0 spiro atoms. The van der Waals surface area contributed by atoms with Crippen molar-refractivity contribution in [3.63, 3.8) is 0 Å². The number of hydrogen-bond donors (Lipinski definition) is 3. The minimum absolute atomic E-state index is 0. The fourth-order valence-corrected chi connectivity index (χ4v) is 2.37. The summed E-state index contributed by atoms with van der Waals surface area (Å²) < 4.78 is 22.7. The SMILES string of the molecule is CCNC(=NCC(C)(C)S(C)(=O)=O)NCCc1cccc(C(=O)NC)c1.I. The van der Waals surface area contributed by atoms with E-state index in [2.05, 4.69) is 20.9 Å². The second kappa shape index (κ2) is 11.5. The quantitative estimate of drug-likeness (QED) is 0.280. The molecule has 27 heavy (non-hydrogen) atoms. The average molecular weight is 510 g/mol. The number of guanidine groups is 1. The Morgan fingerprint density at radius 1 is 1.22 bits per heavy atom. The first-order valence-electron chi connectivity index (χ1n) is 8.63. The summed E-state index contributed by atoms with van der Waals surface area (Å²) in [5.41, 5.74) is 1.66. The van der Waals surface area contributed by atoms with Crippen LogP contribution in [0.3, 0.4) is 0 Å². The maximum atomic E-state index is 11.8. The van der Waals surface area contributed by atoms with Gasteiger partial charge >= 0.3 is 0 Å². The molecule has 1 amide bonds. The van der Waals surface area contributed by atoms with E-state index in [9.17, 15) is 13.2 Å². The van der Waals surface area contributed by atoms with Crippen molar-refractivity contribution in [2.45, 2.75) is 31.9 Å². The normalized spacial score (nSPS) is 12.1. The lowest BCUT2D eigenvalue weighted by Gasteiger charge is -2.21. The van der Waals surface area contributed by atoms with Crippen LogP contribution in [0.25, 0.3) is 0 Å². The lowest BCUT2D eigenvalue weighted by atomic mass is 10.1. The molecular weight excluding hydrogens is 479 g/mol. The first-order valence-corrected chi connectivity index (χ1v) is 10.5. The van der Waals surface area contributed by atoms with Crippen LogP contribution in [0.5, 0.6) is 0 Å². The Morgan fingerprint density at radius 2 is 1.89 bits per heavy atom. The molecule has 1 rings (SSSR count). The van der Waals surface area contributed by atoms with Gasteiger partial charge in [0.15, 0.2) is 15.8 Å². The summed E-state index contributed by atoms with van der Waals surface area (Å²) in [7, 11) is -1.59. The van der Waals surface area contributed by atoms with Crippen LogP contribution >= 0.6 is 24.0 Å². The molecule has 0 atom stereocenters. The largest absolute Gasteiger partial charge is 0.357 e. The highest BCUT2D eigenvalue weighted by Crippen LogP contribution is 2.15. The second-order valence-corrected chi connectivity index (χ2v) is 9.33. The molecule has 0 saturated carbocycles. The van der Waals surface area contributed by atoms with Crippen LogP contribution in [0.1, 0.15) is 36.7 Å². The average Bonchev–Trinajstić information content (AvgIpc) is 2.58. The summed E-state index contributed by atoms with van der Waals surface area (Å²) in [5.74, 6) is 0.462. The Bertz CT molecular complexity index is 749. The number of amides is 1. The smallest absolute Gasteiger partial charge is 0.251 e. The third-order valence-electron chi connectivity index (χ3n) is 4.09. The highest BCUT2D eigenvalue weighted by molar-refractivity contribution is 14.0. The highest BCUT2D eigenvalue weighted by Gasteiger charge is 2.29. The third-order valence-corrected chi connectivity index (χ3v) is 6.22. The van der Waals surface area contributed by atoms with E-state index >= 15 is 0 Å². The summed E-state index contributed by atoms with van der Waals surface area (Å²) in [6.45, 7) is 6.75. The molecule has 0 saturated heterocycles. The predicted molar refractivity (Wildman–Crippen MR) is 122 cm³/mol. The van der Waals surface area contributed by atoms with Gasteiger partial charge in [-0.2, -0.15) is 0 Å². The van der Waals surface area contributed by atoms with E-state index in [-0.39, 0.29) is 36.4 Å². The number of carbonyl (C=O) groups is 1. The van der Waals surface area contributed by atoms with Crippen molar-refractivity contribution in [2.24, 2.45) is 4.99 Å². The van der Waals surface area contributed by atoms with E-state index in [1.165, 1.54) is 6.26 Å². The van der Waals surface area contributed by atoms with Crippen LogP contribution in [0, 0.1) is 0 Å². The van der Waals surface area contributed by atoms with Gasteiger partial charge in [0.25, 0.3) is 5.91 Å². The Hall–Kier alpha value is -1.36. The van der Waals surface area contributed by atoms with Crippen LogP contribution in [-0.4, -0.2) is 58.0 Å². The lowest BCUT2D eigenvalue weighted by Crippen LogP contribution is -2.41. The van der Waals surface area contributed by atoms with Gasteiger partial charge in [0.1, 0.15) is 0 Å². The molecule has 3 N–H and O–H groups in total. The van der Waals surface area contributed by atoms with Gasteiger partial charge < -0.3 is 16.0 Å². The monoisotopic (exact) mass is 510 g/mol. The van der Waals surface area contributed by atoms with Gasteiger partial charge in [-0.3, -0.25) is 9.79 Å². The number of sulfone groups is 1. The molecule has 0 heterocycles. The first-order chi connectivity index (χ1) is 12.1. The number of nitrogens with one attached hydrogen (secondary N) is 3. The van der Waals surface area contributed by atoms with Crippen LogP contribution in [-0.2, 0) is 16.3 Å². The molecule has 0 aromatic heterocycles. The standard InChI is InChI=1S/C18H30N4O3S.HI/c1-6-20-17(22-13-18(2,3)26(5,24)25)21-11-10-14-8-7-9-15(12-14)16(23)19-4;/h7-9,12H,6,10-11,13H2,1-5H3,(H,19,23)(H2,20,21,22);1H. The summed E-state index contributed by atoms with van der Waals surface area (Å²) >= 11 is 0. The number of benzene rings is 1. The number of rotatable bonds is 8. The van der Waals surface area contributed by atoms with Gasteiger partial charge in [-0.1, -0.05) is 12.1 Å². The van der Waals surface area contributed by atoms with Gasteiger partial charge in [0.2, 0.25) is 0 Å². The molecule has 154 valence electrons. The molecule has 1 aromatic rings. The van der Waals surface area contributed by atoms with Crippen LogP contribution in [0.2, 0.25) is 0 Å². The zero-order chi connectivity index (χ0) is 19.8. The lowest BCUT2D eigenvalue weighted by molar-refractivity contribution is 0.0963. The number of carbonyl (C=O) groups excluding carboxylic acids is 1. The third kappa shape index (κ3) is 8.46. The topological polar surface area (TPSA) is 99.7 Å². The molecule has 0 aliphatic carbocycles. The van der Waals surface area contributed by atoms with E-state index in [1.807, 2.05) is 25.1 Å². The number of aliphatic imine (C=N–C) groups is 1. The van der Waals surface area contributed by atoms with Crippen molar-refractivity contribution < 1.29 is 13.2 Å². The molecule has 0 aliphatic rings. The predicted octanol–water partition coefficient (Wildman–Crippen LogP) is 1.59. The highest BCUT2D eigenvalue weighted by atomic mass is 127. The van der Waals surface area contributed by atoms with Crippen LogP contribution < -0.4 is 16.0 Å². The van der Waals surface area contributed by atoms with E-state index in [1.54, 1.807) is 27.0 Å². The zero-order valence-corrected chi connectivity index (χ0v) is 19.8. The van der Waals surface area contributed by atoms with Gasteiger partial charge in [-0.15, -0.1) is 24.0 Å². The summed E-state index contributed by atoms with van der Waals surface area (Å²) in [6.07, 6.45) is 1.94. The minimum atomic E-state index is -3.19. The molecule has 0 bridgehead atoms. The number of hydrogen-bond acceptors (Lipinski definition) is 4. The Morgan fingerprint density at radius 3 is 2.44 bits per heavy atom. The van der Waals surface area contributed by atoms with E-state index in [4.69, 9.17) is 0 Å². The van der Waals surface area contributed by atoms with E-state index in [0.717, 1.165) is 5.56 Å². The van der Waals surface area contributed by atoms with Crippen LogP contribution in [0.4, 0.5) is 0 Å². The van der Waals surface area contributed by atoms with Crippen molar-refractivity contribution in [1.82, 2.24) is 16.0 Å². The first kappa shape index (κ1) is 25.6. The molecule has 0 aliphatic heterocycles. The van der Waals surface area contributed by atoms with Gasteiger partial charge in [0.05, 0.1) is 11.3 Å². The van der Waals surface area contributed by atoms with Gasteiger partial charge in [0, 0.05) is 32.0 Å². The Kier molecular flexibility index (Phi) is 10.9. The van der Waals surface area contributed by atoms with Gasteiger partial charge in [-0.25, -0.2) is 8.42 Å². The van der Waals surface area contributed by atoms with E-state index < -0.39 is 14.6 Å². The molecule has 7 nitrogen and oxygen atoms in total. The molecule has 0 fully saturated rings. The summed E-state index contributed by atoms with van der Waals surface area (Å²) in [5, 5.41) is 8.92. The van der Waals surface area contributed by atoms with Crippen molar-refractivity contribution in [3.8, 4) is 0 Å². The Labute approximate surface area is 179 Å². The maximum Gasteiger partial charge on any atom is 0.251 e. The molecule has 0 unspecified atom stereocenters. The second-order valence-electron chi connectivity index (χ2n) is 6.68. The van der Waals surface area contributed by atoms with Crippen molar-refractivity contribution in [2.75, 3.05) is 32.9 Å². The fraction of sp³-hybridized carbons (Fsp3) is 0.556. The van der Waals surface area contributed by atoms with Crippen molar-refractivity contribution in [1.29, 1.82) is 0 Å². The van der Waals surface area contributed by atoms with E-state index in [0.29, 0.717) is 31.0 Å². The fourth-order valence-electron chi connectivity index (χ4n) is 2.07. The molecule has 0 radical (unpaired) electrons. The minimum Gasteiger partial charge on any atom is -0.357 e. The van der Waals surface area contributed by atoms with Gasteiger partial charge in [-0.05, 0) is 44.9 Å². The number of nitrogens with zero attached hydrogens (tertiary/aromatic N) is 1. The Balaban J connectivity index is 0.00000676.